The van der Waals surface area contributed by atoms with E-state index >= 15 is 4.39 Å². The number of nitrogens with zero attached hydrogens (tertiary/aromatic N) is 1. The van der Waals surface area contributed by atoms with Crippen molar-refractivity contribution >= 4 is 5.97 Å². The van der Waals surface area contributed by atoms with Crippen molar-refractivity contribution in [1.29, 1.82) is 0 Å². The average Bonchev–Trinajstić information content (AvgIpc) is 3.60. The van der Waals surface area contributed by atoms with Crippen LogP contribution < -0.4 is 4.74 Å². The zero-order valence-electron chi connectivity index (χ0n) is 23.1. The predicted molar refractivity (Wildman–Crippen MR) is 145 cm³/mol. The van der Waals surface area contributed by atoms with E-state index < -0.39 is 23.7 Å². The van der Waals surface area contributed by atoms with Crippen LogP contribution in [0.15, 0.2) is 42.6 Å². The molecule has 206 valence electrons. The molecule has 5 nitrogen and oxygen atoms in total. The van der Waals surface area contributed by atoms with Crippen molar-refractivity contribution in [2.24, 2.45) is 11.3 Å². The van der Waals surface area contributed by atoms with Gasteiger partial charge in [0, 0.05) is 29.3 Å². The van der Waals surface area contributed by atoms with E-state index in [1.807, 2.05) is 39.0 Å². The number of methoxy groups -OCH3 is 1. The number of fused-ring (bicyclic) bond motifs is 2. The lowest BCUT2D eigenvalue weighted by Gasteiger charge is -2.32. The number of carboxylic acid groups (broad SMARTS) is 1. The molecule has 0 unspecified atom stereocenters. The Morgan fingerprint density at radius 2 is 1.92 bits per heavy atom. The molecule has 1 saturated carbocycles. The molecule has 2 aromatic carbocycles. The maximum atomic E-state index is 15.5. The van der Waals surface area contributed by atoms with Crippen LogP contribution >= 0.6 is 0 Å². The molecule has 1 N–H and O–H groups in total. The number of halogens is 2. The van der Waals surface area contributed by atoms with Gasteiger partial charge in [0.1, 0.15) is 24.0 Å². The van der Waals surface area contributed by atoms with Crippen molar-refractivity contribution in [2.75, 3.05) is 7.11 Å². The van der Waals surface area contributed by atoms with E-state index in [0.717, 1.165) is 36.6 Å². The fourth-order valence-electron chi connectivity index (χ4n) is 6.31. The van der Waals surface area contributed by atoms with E-state index in [1.54, 1.807) is 26.2 Å². The molecule has 0 bridgehead atoms. The Hall–Kier alpha value is -3.32. The van der Waals surface area contributed by atoms with Gasteiger partial charge in [-0.2, -0.15) is 0 Å². The molecule has 1 fully saturated rings. The van der Waals surface area contributed by atoms with Crippen molar-refractivity contribution in [3.8, 4) is 16.9 Å². The van der Waals surface area contributed by atoms with Crippen LogP contribution in [0.25, 0.3) is 11.1 Å². The van der Waals surface area contributed by atoms with Crippen molar-refractivity contribution in [3.05, 3.63) is 82.2 Å². The van der Waals surface area contributed by atoms with Crippen LogP contribution in [0.3, 0.4) is 0 Å². The summed E-state index contributed by atoms with van der Waals surface area (Å²) in [6.07, 6.45) is 4.11. The number of aliphatic carboxylic acids is 1. The van der Waals surface area contributed by atoms with Crippen LogP contribution in [0.5, 0.6) is 5.75 Å². The maximum absolute atomic E-state index is 15.5. The fourth-order valence-corrected chi connectivity index (χ4v) is 6.31. The lowest BCUT2D eigenvalue weighted by Crippen LogP contribution is -2.22. The summed E-state index contributed by atoms with van der Waals surface area (Å²) in [7, 11) is 1.60. The molecule has 2 aliphatic carbocycles. The Bertz CT molecular complexity index is 1430. The topological polar surface area (TPSA) is 68.7 Å². The highest BCUT2D eigenvalue weighted by atomic mass is 19.1. The lowest BCUT2D eigenvalue weighted by atomic mass is 9.78. The Labute approximate surface area is 228 Å². The van der Waals surface area contributed by atoms with Gasteiger partial charge in [-0.1, -0.05) is 26.8 Å². The first-order valence-electron chi connectivity index (χ1n) is 13.4. The minimum atomic E-state index is -0.753. The molecule has 0 radical (unpaired) electrons. The highest BCUT2D eigenvalue weighted by Crippen LogP contribution is 2.60. The molecule has 5 rings (SSSR count). The smallest absolute Gasteiger partial charge is 0.307 e. The first-order valence-corrected chi connectivity index (χ1v) is 13.4. The minimum absolute atomic E-state index is 0.0360. The second-order valence-electron chi connectivity index (χ2n) is 12.0. The summed E-state index contributed by atoms with van der Waals surface area (Å²) >= 11 is 0. The second kappa shape index (κ2) is 10.0. The Kier molecular flexibility index (Phi) is 7.00. The molecule has 0 saturated heterocycles. The zero-order valence-corrected chi connectivity index (χ0v) is 23.1. The number of aromatic nitrogens is 1. The van der Waals surface area contributed by atoms with E-state index in [-0.39, 0.29) is 28.9 Å². The fraction of sp³-hybridized carbons (Fsp3) is 0.438. The molecule has 1 heterocycles. The largest absolute Gasteiger partial charge is 0.489 e. The van der Waals surface area contributed by atoms with Gasteiger partial charge in [-0.3, -0.25) is 9.78 Å². The molecular formula is C32H35F2NO4. The van der Waals surface area contributed by atoms with E-state index in [2.05, 4.69) is 4.98 Å². The molecule has 2 aliphatic rings. The van der Waals surface area contributed by atoms with Crippen LogP contribution in [0, 0.1) is 29.9 Å². The maximum Gasteiger partial charge on any atom is 0.307 e. The van der Waals surface area contributed by atoms with Gasteiger partial charge in [-0.25, -0.2) is 8.78 Å². The highest BCUT2D eigenvalue weighted by molar-refractivity contribution is 5.78. The van der Waals surface area contributed by atoms with Gasteiger partial charge in [0.15, 0.2) is 0 Å². The number of hydrogen-bond acceptors (Lipinski definition) is 4. The third kappa shape index (κ3) is 5.05. The summed E-state index contributed by atoms with van der Waals surface area (Å²) in [4.78, 5) is 15.7. The number of carbonyl (C=O) groups is 1. The predicted octanol–water partition coefficient (Wildman–Crippen LogP) is 7.33. The van der Waals surface area contributed by atoms with E-state index in [0.29, 0.717) is 34.6 Å². The quantitative estimate of drug-likeness (QED) is 0.343. The third-order valence-corrected chi connectivity index (χ3v) is 8.26. The number of pyridine rings is 1. The van der Waals surface area contributed by atoms with Crippen molar-refractivity contribution in [1.82, 2.24) is 4.98 Å². The number of hydrogen-bond donors (Lipinski definition) is 1. The monoisotopic (exact) mass is 535 g/mol. The molecule has 7 heteroatoms. The lowest BCUT2D eigenvalue weighted by molar-refractivity contribution is -0.139. The highest BCUT2D eigenvalue weighted by Gasteiger charge is 2.60. The molecule has 1 spiro atoms. The number of rotatable bonds is 7. The number of benzene rings is 2. The molecule has 3 aromatic rings. The van der Waals surface area contributed by atoms with Gasteiger partial charge in [-0.05, 0) is 90.6 Å². The summed E-state index contributed by atoms with van der Waals surface area (Å²) < 4.78 is 42.4. The first kappa shape index (κ1) is 27.3. The summed E-state index contributed by atoms with van der Waals surface area (Å²) in [5.74, 6) is -1.58. The van der Waals surface area contributed by atoms with Gasteiger partial charge >= 0.3 is 5.97 Å². The molecule has 0 aliphatic heterocycles. The van der Waals surface area contributed by atoms with Gasteiger partial charge in [0.2, 0.25) is 0 Å². The number of carboxylic acids is 1. The zero-order chi connectivity index (χ0) is 28.1. The van der Waals surface area contributed by atoms with Crippen molar-refractivity contribution < 1.29 is 28.2 Å². The SMILES string of the molecule is CO[C@@H](c1cc(COc2ccc3c(c2)[C@]2(CCC3)C[C@H]2C(=O)O)c(F)cc1-c1cc(C)ncc1F)C(C)(C)C. The molecule has 1 aromatic heterocycles. The standard InChI is InChI=1S/C32H35F2NO4/c1-18-11-23(28(34)16-35-18)22-14-27(33)20(12-24(22)29(38-5)31(2,3)4)17-39-21-9-8-19-7-6-10-32(25(19)13-21)15-26(32)30(36)37/h8-9,11-14,16,26,29H,6-7,10,15,17H2,1-5H3,(H,36,37)/t26-,29-,32-/m0/s1. The molecule has 3 atom stereocenters. The Balaban J connectivity index is 1.50. The molecular weight excluding hydrogens is 500 g/mol. The van der Waals surface area contributed by atoms with Crippen LogP contribution in [-0.2, 0) is 28.0 Å². The summed E-state index contributed by atoms with van der Waals surface area (Å²) in [6, 6.07) is 10.5. The van der Waals surface area contributed by atoms with Gasteiger partial charge in [-0.15, -0.1) is 0 Å². The minimum Gasteiger partial charge on any atom is -0.489 e. The van der Waals surface area contributed by atoms with Gasteiger partial charge < -0.3 is 14.6 Å². The van der Waals surface area contributed by atoms with E-state index in [1.165, 1.54) is 6.07 Å². The summed E-state index contributed by atoms with van der Waals surface area (Å²) in [5.41, 5.74) is 3.86. The first-order chi connectivity index (χ1) is 18.4. The number of ether oxygens (including phenoxy) is 2. The summed E-state index contributed by atoms with van der Waals surface area (Å²) in [6.45, 7) is 7.78. The van der Waals surface area contributed by atoms with Crippen molar-refractivity contribution in [3.63, 3.8) is 0 Å². The number of aryl methyl sites for hydroxylation is 2. The van der Waals surface area contributed by atoms with Crippen LogP contribution in [0.2, 0.25) is 0 Å². The second-order valence-corrected chi connectivity index (χ2v) is 12.0. The summed E-state index contributed by atoms with van der Waals surface area (Å²) in [5, 5.41) is 9.62. The molecule has 39 heavy (non-hydrogen) atoms. The third-order valence-electron chi connectivity index (χ3n) is 8.26. The van der Waals surface area contributed by atoms with Gasteiger partial charge in [0.05, 0.1) is 18.2 Å². The Morgan fingerprint density at radius 1 is 1.15 bits per heavy atom. The molecule has 0 amide bonds. The van der Waals surface area contributed by atoms with Crippen LogP contribution in [-0.4, -0.2) is 23.2 Å². The van der Waals surface area contributed by atoms with Crippen LogP contribution in [0.1, 0.15) is 74.1 Å². The van der Waals surface area contributed by atoms with E-state index in [4.69, 9.17) is 9.47 Å². The van der Waals surface area contributed by atoms with Crippen molar-refractivity contribution in [2.45, 2.75) is 71.5 Å². The van der Waals surface area contributed by atoms with E-state index in [9.17, 15) is 14.3 Å². The van der Waals surface area contributed by atoms with Crippen LogP contribution in [0.4, 0.5) is 8.78 Å². The average molecular weight is 536 g/mol. The Morgan fingerprint density at radius 3 is 2.59 bits per heavy atom. The van der Waals surface area contributed by atoms with Gasteiger partial charge in [0.25, 0.3) is 0 Å². The normalized spacial score (nSPS) is 20.9.